The van der Waals surface area contributed by atoms with Gasteiger partial charge in [-0.25, -0.2) is 5.43 Å². The van der Waals surface area contributed by atoms with Crippen molar-refractivity contribution in [2.45, 2.75) is 6.61 Å². The number of carbonyl (C=O) groups is 1. The van der Waals surface area contributed by atoms with Crippen LogP contribution < -0.4 is 14.9 Å². The minimum atomic E-state index is -0.332. The molecule has 0 heterocycles. The number of benzene rings is 4. The minimum absolute atomic E-state index is 0.332. The molecule has 0 aliphatic heterocycles. The molecule has 0 atom stereocenters. The molecular weight excluding hydrogens is 388 g/mol. The van der Waals surface area contributed by atoms with Gasteiger partial charge in [-0.3, -0.25) is 4.79 Å². The Labute approximate surface area is 180 Å². The van der Waals surface area contributed by atoms with Crippen LogP contribution in [0.3, 0.4) is 0 Å². The second kappa shape index (κ2) is 9.59. The Bertz CT molecular complexity index is 1200. The van der Waals surface area contributed by atoms with E-state index in [9.17, 15) is 4.79 Å². The monoisotopic (exact) mass is 410 g/mol. The van der Waals surface area contributed by atoms with Crippen LogP contribution in [0.5, 0.6) is 11.5 Å². The van der Waals surface area contributed by atoms with E-state index in [4.69, 9.17) is 9.47 Å². The summed E-state index contributed by atoms with van der Waals surface area (Å²) in [5, 5.41) is 6.05. The Hall–Kier alpha value is -4.12. The fraction of sp³-hybridized carbons (Fsp3) is 0.0769. The van der Waals surface area contributed by atoms with Gasteiger partial charge in [-0.05, 0) is 58.3 Å². The van der Waals surface area contributed by atoms with E-state index in [-0.39, 0.29) is 5.91 Å². The molecule has 4 aromatic rings. The van der Waals surface area contributed by atoms with Gasteiger partial charge in [0.15, 0.2) is 0 Å². The van der Waals surface area contributed by atoms with E-state index in [2.05, 4.69) is 10.5 Å². The number of nitrogens with one attached hydrogen (secondary N) is 1. The molecule has 0 aliphatic carbocycles. The van der Waals surface area contributed by atoms with Crippen LogP contribution in [0.1, 0.15) is 21.5 Å². The molecule has 5 nitrogen and oxygen atoms in total. The van der Waals surface area contributed by atoms with E-state index in [0.717, 1.165) is 27.6 Å². The quantitative estimate of drug-likeness (QED) is 0.337. The number of hydrogen-bond acceptors (Lipinski definition) is 4. The molecule has 0 radical (unpaired) electrons. The van der Waals surface area contributed by atoms with E-state index in [1.165, 1.54) is 0 Å². The van der Waals surface area contributed by atoms with Crippen molar-refractivity contribution in [2.24, 2.45) is 5.10 Å². The lowest BCUT2D eigenvalue weighted by atomic mass is 10.1. The second-order valence-electron chi connectivity index (χ2n) is 6.94. The molecule has 0 saturated carbocycles. The van der Waals surface area contributed by atoms with Gasteiger partial charge < -0.3 is 9.47 Å². The number of methoxy groups -OCH3 is 1. The average molecular weight is 410 g/mol. The molecule has 0 fully saturated rings. The Kier molecular flexibility index (Phi) is 6.24. The van der Waals surface area contributed by atoms with Crippen molar-refractivity contribution in [3.05, 3.63) is 108 Å². The zero-order valence-electron chi connectivity index (χ0n) is 17.1. The van der Waals surface area contributed by atoms with E-state index < -0.39 is 0 Å². The molecular formula is C26H22N2O3. The van der Waals surface area contributed by atoms with Crippen molar-refractivity contribution in [2.75, 3.05) is 7.11 Å². The number of rotatable bonds is 7. The van der Waals surface area contributed by atoms with Gasteiger partial charge in [0.25, 0.3) is 5.91 Å². The summed E-state index contributed by atoms with van der Waals surface area (Å²) in [4.78, 5) is 12.6. The Balaban J connectivity index is 1.38. The summed E-state index contributed by atoms with van der Waals surface area (Å²) in [6.07, 6.45) is 1.59. The first-order valence-electron chi connectivity index (χ1n) is 9.90. The minimum Gasteiger partial charge on any atom is -0.496 e. The normalized spacial score (nSPS) is 10.9. The van der Waals surface area contributed by atoms with Gasteiger partial charge in [0.05, 0.1) is 18.9 Å². The fourth-order valence-corrected chi connectivity index (χ4v) is 3.18. The zero-order chi connectivity index (χ0) is 21.5. The van der Waals surface area contributed by atoms with Crippen LogP contribution in [-0.4, -0.2) is 19.2 Å². The maximum absolute atomic E-state index is 12.6. The van der Waals surface area contributed by atoms with Crippen molar-refractivity contribution in [1.29, 1.82) is 0 Å². The second-order valence-corrected chi connectivity index (χ2v) is 6.94. The predicted octanol–water partition coefficient (Wildman–Crippen LogP) is 5.19. The maximum Gasteiger partial charge on any atom is 0.275 e. The van der Waals surface area contributed by atoms with Crippen LogP contribution in [0.4, 0.5) is 0 Å². The maximum atomic E-state index is 12.6. The van der Waals surface area contributed by atoms with Crippen molar-refractivity contribution >= 4 is 22.9 Å². The number of amides is 1. The van der Waals surface area contributed by atoms with Gasteiger partial charge in [0, 0.05) is 0 Å². The third-order valence-electron chi connectivity index (χ3n) is 4.82. The molecule has 1 N–H and O–H groups in total. The Morgan fingerprint density at radius 3 is 2.29 bits per heavy atom. The lowest BCUT2D eigenvalue weighted by Gasteiger charge is -2.09. The fourth-order valence-electron chi connectivity index (χ4n) is 3.18. The van der Waals surface area contributed by atoms with Crippen LogP contribution in [0.2, 0.25) is 0 Å². The molecule has 31 heavy (non-hydrogen) atoms. The summed E-state index contributed by atoms with van der Waals surface area (Å²) in [7, 11) is 1.55. The van der Waals surface area contributed by atoms with Crippen molar-refractivity contribution < 1.29 is 14.3 Å². The van der Waals surface area contributed by atoms with Crippen LogP contribution in [0.15, 0.2) is 96.1 Å². The van der Waals surface area contributed by atoms with E-state index in [1.54, 1.807) is 19.4 Å². The highest BCUT2D eigenvalue weighted by atomic mass is 16.5. The molecule has 0 aromatic heterocycles. The number of hydrogen-bond donors (Lipinski definition) is 1. The summed E-state index contributed by atoms with van der Waals surface area (Å²) in [5.41, 5.74) is 4.96. The van der Waals surface area contributed by atoms with Gasteiger partial charge in [-0.15, -0.1) is 0 Å². The summed E-state index contributed by atoms with van der Waals surface area (Å²) >= 11 is 0. The van der Waals surface area contributed by atoms with Gasteiger partial charge in [-0.2, -0.15) is 5.10 Å². The number of ether oxygens (including phenoxy) is 2. The molecule has 0 unspecified atom stereocenters. The number of fused-ring (bicyclic) bond motifs is 1. The molecule has 5 heteroatoms. The highest BCUT2D eigenvalue weighted by Gasteiger charge is 2.13. The average Bonchev–Trinajstić information content (AvgIpc) is 2.83. The zero-order valence-corrected chi connectivity index (χ0v) is 17.1. The molecule has 4 rings (SSSR count). The summed E-state index contributed by atoms with van der Waals surface area (Å²) < 4.78 is 11.2. The van der Waals surface area contributed by atoms with Crippen LogP contribution in [0.25, 0.3) is 10.8 Å². The largest absolute Gasteiger partial charge is 0.496 e. The van der Waals surface area contributed by atoms with E-state index in [1.807, 2.05) is 84.9 Å². The van der Waals surface area contributed by atoms with Crippen molar-refractivity contribution in [3.63, 3.8) is 0 Å². The van der Waals surface area contributed by atoms with Crippen molar-refractivity contribution in [3.8, 4) is 11.5 Å². The van der Waals surface area contributed by atoms with Crippen LogP contribution in [-0.2, 0) is 6.61 Å². The van der Waals surface area contributed by atoms with Gasteiger partial charge in [0.2, 0.25) is 0 Å². The Morgan fingerprint density at radius 1 is 0.903 bits per heavy atom. The number of hydrazone groups is 1. The van der Waals surface area contributed by atoms with Crippen molar-refractivity contribution in [1.82, 2.24) is 5.43 Å². The number of nitrogens with zero attached hydrogens (tertiary/aromatic N) is 1. The summed E-state index contributed by atoms with van der Waals surface area (Å²) in [6, 6.07) is 29.0. The van der Waals surface area contributed by atoms with Crippen LogP contribution in [0, 0.1) is 0 Å². The molecule has 0 aliphatic rings. The smallest absolute Gasteiger partial charge is 0.275 e. The number of carbonyl (C=O) groups excluding carboxylic acids is 1. The molecule has 0 bridgehead atoms. The first-order chi connectivity index (χ1) is 15.2. The molecule has 1 amide bonds. The SMILES string of the molecule is COc1cc2ccccc2cc1C(=O)N/N=C\c1ccc(OCc2ccccc2)cc1. The summed E-state index contributed by atoms with van der Waals surface area (Å²) in [5.74, 6) is 0.943. The highest BCUT2D eigenvalue weighted by Crippen LogP contribution is 2.25. The summed E-state index contributed by atoms with van der Waals surface area (Å²) in [6.45, 7) is 0.512. The molecule has 0 saturated heterocycles. The van der Waals surface area contributed by atoms with Crippen LogP contribution >= 0.6 is 0 Å². The first kappa shape index (κ1) is 20.2. The third-order valence-corrected chi connectivity index (χ3v) is 4.82. The third kappa shape index (κ3) is 5.08. The van der Waals surface area contributed by atoms with Gasteiger partial charge >= 0.3 is 0 Å². The van der Waals surface area contributed by atoms with Gasteiger partial charge in [0.1, 0.15) is 18.1 Å². The molecule has 0 spiro atoms. The van der Waals surface area contributed by atoms with E-state index >= 15 is 0 Å². The standard InChI is InChI=1S/C26H22N2O3/c1-30-25-16-22-10-6-5-9-21(22)15-24(25)26(29)28-27-17-19-11-13-23(14-12-19)31-18-20-7-3-2-4-8-20/h2-17H,18H2,1H3,(H,28,29)/b27-17-. The van der Waals surface area contributed by atoms with E-state index in [0.29, 0.717) is 17.9 Å². The Morgan fingerprint density at radius 2 is 1.58 bits per heavy atom. The topological polar surface area (TPSA) is 59.9 Å². The first-order valence-corrected chi connectivity index (χ1v) is 9.90. The molecule has 4 aromatic carbocycles. The van der Waals surface area contributed by atoms with Gasteiger partial charge in [-0.1, -0.05) is 54.6 Å². The molecule has 154 valence electrons. The highest BCUT2D eigenvalue weighted by molar-refractivity contribution is 6.01. The lowest BCUT2D eigenvalue weighted by molar-refractivity contribution is 0.0952. The predicted molar refractivity (Wildman–Crippen MR) is 123 cm³/mol. The lowest BCUT2D eigenvalue weighted by Crippen LogP contribution is -2.18.